The predicted molar refractivity (Wildman–Crippen MR) is 114 cm³/mol. The first-order valence-corrected chi connectivity index (χ1v) is 9.87. The highest BCUT2D eigenvalue weighted by atomic mass is 32.1. The maximum Gasteiger partial charge on any atom is 0.270 e. The van der Waals surface area contributed by atoms with E-state index >= 15 is 0 Å². The van der Waals surface area contributed by atoms with Crippen molar-refractivity contribution in [1.82, 2.24) is 14.9 Å². The first kappa shape index (κ1) is 18.0. The van der Waals surface area contributed by atoms with Gasteiger partial charge in [0.15, 0.2) is 5.01 Å². The Hall–Kier alpha value is -3.36. The molecule has 28 heavy (non-hydrogen) atoms. The fraction of sp³-hybridized carbons (Fsp3) is 0.130. The Bertz CT molecular complexity index is 1200. The second-order valence-corrected chi connectivity index (χ2v) is 7.41. The van der Waals surface area contributed by atoms with Crippen LogP contribution in [0.1, 0.15) is 21.1 Å². The van der Waals surface area contributed by atoms with Crippen LogP contribution in [0.2, 0.25) is 0 Å². The van der Waals surface area contributed by atoms with Crippen LogP contribution in [0, 0.1) is 12.3 Å². The third-order valence-electron chi connectivity index (χ3n) is 4.73. The fourth-order valence-electron chi connectivity index (χ4n) is 3.30. The maximum absolute atomic E-state index is 12.2. The first-order chi connectivity index (χ1) is 13.7. The molecule has 0 fully saturated rings. The van der Waals surface area contributed by atoms with Gasteiger partial charge in [-0.2, -0.15) is 0 Å². The highest BCUT2D eigenvalue weighted by Gasteiger charge is 2.10. The van der Waals surface area contributed by atoms with E-state index in [9.17, 15) is 4.79 Å². The molecule has 0 atom stereocenters. The molecule has 2 aromatic carbocycles. The SMILES string of the molecule is C#Cc1nc(C(=O)NCCc2cccc(-c3cccc4c3ccn4C)c2)cs1. The van der Waals surface area contributed by atoms with Crippen molar-refractivity contribution >= 4 is 28.1 Å². The number of rotatable bonds is 5. The summed E-state index contributed by atoms with van der Waals surface area (Å²) in [5, 5.41) is 6.36. The summed E-state index contributed by atoms with van der Waals surface area (Å²) in [6.45, 7) is 0.542. The first-order valence-electron chi connectivity index (χ1n) is 8.99. The Balaban J connectivity index is 1.47. The summed E-state index contributed by atoms with van der Waals surface area (Å²) in [6.07, 6.45) is 8.13. The molecular formula is C23H19N3OS. The van der Waals surface area contributed by atoms with Gasteiger partial charge in [0.05, 0.1) is 0 Å². The second kappa shape index (κ2) is 7.71. The molecule has 138 valence electrons. The molecule has 2 aromatic heterocycles. The highest BCUT2D eigenvalue weighted by Crippen LogP contribution is 2.29. The van der Waals surface area contributed by atoms with E-state index < -0.39 is 0 Å². The number of terminal acetylenes is 1. The van der Waals surface area contributed by atoms with Crippen molar-refractivity contribution in [2.24, 2.45) is 7.05 Å². The van der Waals surface area contributed by atoms with E-state index in [1.807, 2.05) is 0 Å². The van der Waals surface area contributed by atoms with Gasteiger partial charge in [0.1, 0.15) is 5.69 Å². The van der Waals surface area contributed by atoms with E-state index in [1.165, 1.54) is 38.9 Å². The van der Waals surface area contributed by atoms with Crippen molar-refractivity contribution in [2.45, 2.75) is 6.42 Å². The number of hydrogen-bond donors (Lipinski definition) is 1. The van der Waals surface area contributed by atoms with E-state index in [2.05, 4.69) is 82.6 Å². The van der Waals surface area contributed by atoms with E-state index in [0.717, 1.165) is 6.42 Å². The van der Waals surface area contributed by atoms with Crippen LogP contribution in [0.15, 0.2) is 60.1 Å². The Morgan fingerprint density at radius 2 is 2.11 bits per heavy atom. The standard InChI is InChI=1S/C23H19N3OS/c1-3-22-25-20(15-28-22)23(27)24-12-10-16-6-4-7-17(14-16)18-8-5-9-21-19(18)11-13-26(21)2/h1,4-9,11,13-15H,10,12H2,2H3,(H,24,27). The molecule has 4 nitrogen and oxygen atoms in total. The van der Waals surface area contributed by atoms with Gasteiger partial charge in [0.2, 0.25) is 0 Å². The molecule has 2 heterocycles. The number of nitrogens with one attached hydrogen (secondary N) is 1. The van der Waals surface area contributed by atoms with E-state index in [4.69, 9.17) is 6.42 Å². The number of aryl methyl sites for hydroxylation is 1. The zero-order chi connectivity index (χ0) is 19.5. The molecule has 0 saturated heterocycles. The van der Waals surface area contributed by atoms with Crippen molar-refractivity contribution < 1.29 is 4.79 Å². The highest BCUT2D eigenvalue weighted by molar-refractivity contribution is 7.10. The lowest BCUT2D eigenvalue weighted by Gasteiger charge is -2.08. The minimum atomic E-state index is -0.192. The van der Waals surface area contributed by atoms with Gasteiger partial charge < -0.3 is 9.88 Å². The molecule has 4 rings (SSSR count). The molecule has 5 heteroatoms. The third-order valence-corrected chi connectivity index (χ3v) is 5.50. The van der Waals surface area contributed by atoms with Crippen LogP contribution in [0.4, 0.5) is 0 Å². The lowest BCUT2D eigenvalue weighted by molar-refractivity contribution is 0.0950. The number of carbonyl (C=O) groups is 1. The van der Waals surface area contributed by atoms with Gasteiger partial charge in [-0.05, 0) is 41.2 Å². The van der Waals surface area contributed by atoms with E-state index in [0.29, 0.717) is 17.2 Å². The molecule has 0 bridgehead atoms. The van der Waals surface area contributed by atoms with Gasteiger partial charge in [0.25, 0.3) is 5.91 Å². The van der Waals surface area contributed by atoms with Crippen LogP contribution in [0.3, 0.4) is 0 Å². The molecule has 1 amide bonds. The van der Waals surface area contributed by atoms with Gasteiger partial charge in [-0.1, -0.05) is 36.4 Å². The number of hydrogen-bond acceptors (Lipinski definition) is 3. The molecular weight excluding hydrogens is 366 g/mol. The van der Waals surface area contributed by atoms with Crippen LogP contribution in [-0.4, -0.2) is 22.0 Å². The van der Waals surface area contributed by atoms with Crippen molar-refractivity contribution in [3.63, 3.8) is 0 Å². The summed E-state index contributed by atoms with van der Waals surface area (Å²) >= 11 is 1.30. The zero-order valence-corrected chi connectivity index (χ0v) is 16.3. The third kappa shape index (κ3) is 3.55. The molecule has 0 saturated carbocycles. The molecule has 0 radical (unpaired) electrons. The number of fused-ring (bicyclic) bond motifs is 1. The van der Waals surface area contributed by atoms with Crippen molar-refractivity contribution in [1.29, 1.82) is 0 Å². The topological polar surface area (TPSA) is 46.9 Å². The maximum atomic E-state index is 12.2. The molecule has 0 aliphatic rings. The zero-order valence-electron chi connectivity index (χ0n) is 15.5. The summed E-state index contributed by atoms with van der Waals surface area (Å²) in [6, 6.07) is 17.0. The average Bonchev–Trinajstić information content (AvgIpc) is 3.35. The van der Waals surface area contributed by atoms with Gasteiger partial charge in [-0.15, -0.1) is 17.8 Å². The molecule has 4 aromatic rings. The Morgan fingerprint density at radius 1 is 1.25 bits per heavy atom. The second-order valence-electron chi connectivity index (χ2n) is 6.55. The average molecular weight is 385 g/mol. The van der Waals surface area contributed by atoms with Crippen LogP contribution in [-0.2, 0) is 13.5 Å². The van der Waals surface area contributed by atoms with Gasteiger partial charge in [-0.25, -0.2) is 4.98 Å². The van der Waals surface area contributed by atoms with Gasteiger partial charge in [0, 0.05) is 36.1 Å². The quantitative estimate of drug-likeness (QED) is 0.522. The fourth-order valence-corrected chi connectivity index (χ4v) is 3.91. The summed E-state index contributed by atoms with van der Waals surface area (Å²) < 4.78 is 2.13. The van der Waals surface area contributed by atoms with Crippen LogP contribution in [0.25, 0.3) is 22.0 Å². The smallest absolute Gasteiger partial charge is 0.270 e. The minimum Gasteiger partial charge on any atom is -0.351 e. The van der Waals surface area contributed by atoms with Crippen LogP contribution < -0.4 is 5.32 Å². The normalized spacial score (nSPS) is 10.7. The number of amides is 1. The largest absolute Gasteiger partial charge is 0.351 e. The minimum absolute atomic E-state index is 0.192. The predicted octanol–water partition coefficient (Wildman–Crippen LogP) is 4.26. The van der Waals surface area contributed by atoms with E-state index in [-0.39, 0.29) is 5.91 Å². The lowest BCUT2D eigenvalue weighted by Crippen LogP contribution is -2.26. The van der Waals surface area contributed by atoms with Crippen molar-refractivity contribution in [2.75, 3.05) is 6.54 Å². The summed E-state index contributed by atoms with van der Waals surface area (Å²) in [7, 11) is 2.06. The Morgan fingerprint density at radius 3 is 2.93 bits per heavy atom. The summed E-state index contributed by atoms with van der Waals surface area (Å²) in [5.41, 5.74) is 5.16. The van der Waals surface area contributed by atoms with Crippen molar-refractivity contribution in [3.8, 4) is 23.5 Å². The molecule has 0 unspecified atom stereocenters. The van der Waals surface area contributed by atoms with Crippen LogP contribution >= 0.6 is 11.3 Å². The lowest BCUT2D eigenvalue weighted by atomic mass is 9.99. The summed E-state index contributed by atoms with van der Waals surface area (Å²) in [4.78, 5) is 16.3. The van der Waals surface area contributed by atoms with E-state index in [1.54, 1.807) is 5.38 Å². The Kier molecular flexibility index (Phi) is 4.96. The number of nitrogens with zero attached hydrogens (tertiary/aromatic N) is 2. The number of carbonyl (C=O) groups excluding carboxylic acids is 1. The molecule has 0 aliphatic heterocycles. The van der Waals surface area contributed by atoms with Crippen LogP contribution in [0.5, 0.6) is 0 Å². The molecule has 0 aliphatic carbocycles. The monoisotopic (exact) mass is 385 g/mol. The summed E-state index contributed by atoms with van der Waals surface area (Å²) in [5.74, 6) is 2.25. The number of benzene rings is 2. The number of thiazole rings is 1. The number of aromatic nitrogens is 2. The van der Waals surface area contributed by atoms with Crippen molar-refractivity contribution in [3.05, 3.63) is 76.4 Å². The van der Waals surface area contributed by atoms with Gasteiger partial charge in [-0.3, -0.25) is 4.79 Å². The van der Waals surface area contributed by atoms with Gasteiger partial charge >= 0.3 is 0 Å². The molecule has 0 spiro atoms. The Labute approximate surface area is 167 Å². The molecule has 1 N–H and O–H groups in total.